The number of hydrogen-bond acceptors (Lipinski definition) is 1. The molecule has 1 aliphatic rings. The van der Waals surface area contributed by atoms with Crippen LogP contribution in [0.4, 0.5) is 0 Å². The summed E-state index contributed by atoms with van der Waals surface area (Å²) in [4.78, 5) is 16.6. The van der Waals surface area contributed by atoms with Crippen LogP contribution < -0.4 is 0 Å². The van der Waals surface area contributed by atoms with Gasteiger partial charge in [0.2, 0.25) is 5.91 Å². The molecule has 1 aromatic heterocycles. The summed E-state index contributed by atoms with van der Waals surface area (Å²) in [5.41, 5.74) is 3.75. The number of carbonyl (C=O) groups is 1. The fourth-order valence-electron chi connectivity index (χ4n) is 2.57. The van der Waals surface area contributed by atoms with Crippen LogP contribution in [0.15, 0.2) is 36.7 Å². The van der Waals surface area contributed by atoms with Crippen LogP contribution in [-0.4, -0.2) is 22.3 Å². The predicted octanol–water partition coefficient (Wildman–Crippen LogP) is 2.76. The number of aryl methyl sites for hydroxylation is 1. The Morgan fingerprint density at radius 2 is 2.28 bits per heavy atom. The van der Waals surface area contributed by atoms with Gasteiger partial charge in [-0.2, -0.15) is 0 Å². The maximum Gasteiger partial charge on any atom is 0.230 e. The highest BCUT2D eigenvalue weighted by atomic mass is 16.2. The first-order valence-electron chi connectivity index (χ1n) is 6.27. The van der Waals surface area contributed by atoms with Crippen LogP contribution >= 0.6 is 0 Å². The lowest BCUT2D eigenvalue weighted by atomic mass is 10.1. The molecule has 1 aromatic carbocycles. The normalized spacial score (nSPS) is 14.9. The smallest absolute Gasteiger partial charge is 0.230 e. The first-order valence-corrected chi connectivity index (χ1v) is 6.27. The summed E-state index contributed by atoms with van der Waals surface area (Å²) in [6, 6.07) is 6.28. The Labute approximate surface area is 106 Å². The molecule has 1 amide bonds. The number of nitrogens with one attached hydrogen (secondary N) is 1. The van der Waals surface area contributed by atoms with Gasteiger partial charge in [0, 0.05) is 36.3 Å². The molecule has 2 heterocycles. The lowest BCUT2D eigenvalue weighted by Crippen LogP contribution is -2.23. The lowest BCUT2D eigenvalue weighted by Gasteiger charge is -2.13. The summed E-state index contributed by atoms with van der Waals surface area (Å²) in [6.45, 7) is 2.89. The van der Waals surface area contributed by atoms with Crippen molar-refractivity contribution in [2.45, 2.75) is 19.8 Å². The Morgan fingerprint density at radius 1 is 1.39 bits per heavy atom. The summed E-state index contributed by atoms with van der Waals surface area (Å²) in [6.07, 6.45) is 7.31. The molecule has 0 radical (unpaired) electrons. The molecule has 0 bridgehead atoms. The minimum atomic E-state index is 0.201. The SMILES string of the molecule is Cc1cccc2[nH]cc(CCN3C=CCC3=O)c12. The predicted molar refractivity (Wildman–Crippen MR) is 72.2 cm³/mol. The minimum Gasteiger partial charge on any atom is -0.361 e. The van der Waals surface area contributed by atoms with Crippen LogP contribution in [0.1, 0.15) is 17.5 Å². The number of aromatic amines is 1. The van der Waals surface area contributed by atoms with Crippen LogP contribution in [0, 0.1) is 6.92 Å². The second-order valence-corrected chi connectivity index (χ2v) is 4.74. The van der Waals surface area contributed by atoms with Crippen LogP contribution in [-0.2, 0) is 11.2 Å². The molecule has 18 heavy (non-hydrogen) atoms. The molecule has 3 rings (SSSR count). The van der Waals surface area contributed by atoms with Gasteiger partial charge in [-0.15, -0.1) is 0 Å². The zero-order valence-corrected chi connectivity index (χ0v) is 10.4. The third-order valence-electron chi connectivity index (χ3n) is 3.52. The lowest BCUT2D eigenvalue weighted by molar-refractivity contribution is -0.126. The summed E-state index contributed by atoms with van der Waals surface area (Å²) < 4.78 is 0. The second-order valence-electron chi connectivity index (χ2n) is 4.74. The molecule has 0 atom stereocenters. The van der Waals surface area contributed by atoms with Crippen molar-refractivity contribution in [1.82, 2.24) is 9.88 Å². The Bertz CT molecular complexity index is 624. The van der Waals surface area contributed by atoms with E-state index in [9.17, 15) is 4.79 Å². The highest BCUT2D eigenvalue weighted by Crippen LogP contribution is 2.23. The zero-order valence-electron chi connectivity index (χ0n) is 10.4. The van der Waals surface area contributed by atoms with Gasteiger partial charge in [-0.1, -0.05) is 18.2 Å². The van der Waals surface area contributed by atoms with Gasteiger partial charge >= 0.3 is 0 Å². The van der Waals surface area contributed by atoms with E-state index in [1.807, 2.05) is 12.3 Å². The number of nitrogens with zero attached hydrogens (tertiary/aromatic N) is 1. The number of aromatic nitrogens is 1. The maximum absolute atomic E-state index is 11.5. The van der Waals surface area contributed by atoms with Crippen molar-refractivity contribution in [2.24, 2.45) is 0 Å². The molecule has 2 aromatic rings. The van der Waals surface area contributed by atoms with E-state index < -0.39 is 0 Å². The first-order chi connectivity index (χ1) is 8.75. The molecule has 1 aliphatic heterocycles. The number of hydrogen-bond donors (Lipinski definition) is 1. The summed E-state index contributed by atoms with van der Waals surface area (Å²) >= 11 is 0. The van der Waals surface area contributed by atoms with Crippen LogP contribution in [0.2, 0.25) is 0 Å². The van der Waals surface area contributed by atoms with Crippen LogP contribution in [0.3, 0.4) is 0 Å². The molecule has 0 unspecified atom stereocenters. The topological polar surface area (TPSA) is 36.1 Å². The highest BCUT2D eigenvalue weighted by molar-refractivity contribution is 5.86. The van der Waals surface area contributed by atoms with Crippen molar-refractivity contribution in [1.29, 1.82) is 0 Å². The van der Waals surface area contributed by atoms with Crippen molar-refractivity contribution in [3.8, 4) is 0 Å². The minimum absolute atomic E-state index is 0.201. The molecule has 0 saturated heterocycles. The molecule has 0 fully saturated rings. The molecule has 0 aliphatic carbocycles. The number of benzene rings is 1. The number of carbonyl (C=O) groups excluding carboxylic acids is 1. The number of fused-ring (bicyclic) bond motifs is 1. The largest absolute Gasteiger partial charge is 0.361 e. The van der Waals surface area contributed by atoms with E-state index in [0.717, 1.165) is 13.0 Å². The molecule has 1 N–H and O–H groups in total. The van der Waals surface area contributed by atoms with Crippen molar-refractivity contribution >= 4 is 16.8 Å². The molecule has 0 saturated carbocycles. The molecular weight excluding hydrogens is 224 g/mol. The number of rotatable bonds is 3. The van der Waals surface area contributed by atoms with E-state index in [2.05, 4.69) is 36.3 Å². The van der Waals surface area contributed by atoms with E-state index in [1.165, 1.54) is 22.0 Å². The van der Waals surface area contributed by atoms with Gasteiger partial charge in [0.25, 0.3) is 0 Å². The van der Waals surface area contributed by atoms with Gasteiger partial charge in [0.1, 0.15) is 0 Å². The first kappa shape index (κ1) is 11.1. The maximum atomic E-state index is 11.5. The van der Waals surface area contributed by atoms with E-state index in [0.29, 0.717) is 6.42 Å². The molecule has 0 spiro atoms. The number of amides is 1. The second kappa shape index (κ2) is 4.33. The average Bonchev–Trinajstić information content (AvgIpc) is 2.94. The Hall–Kier alpha value is -2.03. The summed E-state index contributed by atoms with van der Waals surface area (Å²) in [5.74, 6) is 0.201. The molecule has 3 nitrogen and oxygen atoms in total. The Kier molecular flexibility index (Phi) is 2.67. The number of H-pyrrole nitrogens is 1. The van der Waals surface area contributed by atoms with Gasteiger partial charge in [-0.3, -0.25) is 4.79 Å². The summed E-state index contributed by atoms with van der Waals surface area (Å²) in [5, 5.41) is 1.30. The fraction of sp³-hybridized carbons (Fsp3) is 0.267. The van der Waals surface area contributed by atoms with Gasteiger partial charge in [-0.25, -0.2) is 0 Å². The monoisotopic (exact) mass is 240 g/mol. The van der Waals surface area contributed by atoms with Crippen molar-refractivity contribution in [3.05, 3.63) is 47.8 Å². The van der Waals surface area contributed by atoms with Gasteiger partial charge in [-0.05, 0) is 30.5 Å². The van der Waals surface area contributed by atoms with Crippen molar-refractivity contribution < 1.29 is 4.79 Å². The molecular formula is C15H16N2O. The average molecular weight is 240 g/mol. The fourth-order valence-corrected chi connectivity index (χ4v) is 2.57. The zero-order chi connectivity index (χ0) is 12.5. The van der Waals surface area contributed by atoms with E-state index >= 15 is 0 Å². The van der Waals surface area contributed by atoms with E-state index in [-0.39, 0.29) is 5.91 Å². The molecule has 3 heteroatoms. The Balaban J connectivity index is 1.83. The van der Waals surface area contributed by atoms with Gasteiger partial charge in [0.15, 0.2) is 0 Å². The van der Waals surface area contributed by atoms with E-state index in [4.69, 9.17) is 0 Å². The third kappa shape index (κ3) is 1.82. The van der Waals surface area contributed by atoms with Gasteiger partial charge < -0.3 is 9.88 Å². The van der Waals surface area contributed by atoms with Crippen LogP contribution in [0.5, 0.6) is 0 Å². The highest BCUT2D eigenvalue weighted by Gasteiger charge is 2.15. The van der Waals surface area contributed by atoms with Crippen LogP contribution in [0.25, 0.3) is 10.9 Å². The van der Waals surface area contributed by atoms with E-state index in [1.54, 1.807) is 4.90 Å². The Morgan fingerprint density at radius 3 is 3.06 bits per heavy atom. The van der Waals surface area contributed by atoms with Crippen molar-refractivity contribution in [2.75, 3.05) is 6.54 Å². The van der Waals surface area contributed by atoms with Crippen molar-refractivity contribution in [3.63, 3.8) is 0 Å². The van der Waals surface area contributed by atoms with Gasteiger partial charge in [0.05, 0.1) is 0 Å². The molecule has 92 valence electrons. The third-order valence-corrected chi connectivity index (χ3v) is 3.52. The summed E-state index contributed by atoms with van der Waals surface area (Å²) in [7, 11) is 0. The standard InChI is InChI=1S/C15H16N2O/c1-11-4-2-5-13-15(11)12(10-16-13)7-9-17-8-3-6-14(17)18/h2-5,8,10,16H,6-7,9H2,1H3. The quantitative estimate of drug-likeness (QED) is 0.879.